The van der Waals surface area contributed by atoms with Crippen molar-refractivity contribution >= 4 is 5.69 Å². The molecule has 0 radical (unpaired) electrons. The van der Waals surface area contributed by atoms with Crippen LogP contribution in [-0.4, -0.2) is 30.7 Å². The minimum absolute atomic E-state index is 0.0775. The summed E-state index contributed by atoms with van der Waals surface area (Å²) in [5.74, 6) is 0. The fourth-order valence-electron chi connectivity index (χ4n) is 3.47. The summed E-state index contributed by atoms with van der Waals surface area (Å²) in [5, 5.41) is 4.57. The van der Waals surface area contributed by atoms with Crippen LogP contribution in [0.3, 0.4) is 0 Å². The molecule has 1 saturated heterocycles. The van der Waals surface area contributed by atoms with Crippen LogP contribution in [0.25, 0.3) is 0 Å². The summed E-state index contributed by atoms with van der Waals surface area (Å²) in [7, 11) is 2.13. The molecular formula is C20H35N3. The van der Waals surface area contributed by atoms with Crippen LogP contribution in [0, 0.1) is 0 Å². The van der Waals surface area contributed by atoms with E-state index in [-0.39, 0.29) is 5.54 Å². The average Bonchev–Trinajstić information content (AvgIpc) is 2.87. The topological polar surface area (TPSA) is 32.5 Å². The fraction of sp³-hybridized carbons (Fsp3) is 0.700. The van der Waals surface area contributed by atoms with E-state index >= 15 is 0 Å². The molecule has 0 amide bonds. The summed E-state index contributed by atoms with van der Waals surface area (Å²) in [5.41, 5.74) is 9.08. The number of nitrogens with zero attached hydrogens (tertiary/aromatic N) is 2. The Labute approximate surface area is 142 Å². The van der Waals surface area contributed by atoms with Crippen molar-refractivity contribution in [2.45, 2.75) is 70.8 Å². The molecule has 1 fully saturated rings. The van der Waals surface area contributed by atoms with E-state index in [2.05, 4.69) is 55.2 Å². The van der Waals surface area contributed by atoms with Gasteiger partial charge in [0.05, 0.1) is 12.2 Å². The maximum atomic E-state index is 6.44. The van der Waals surface area contributed by atoms with Crippen LogP contribution in [0.2, 0.25) is 0 Å². The molecule has 1 heterocycles. The summed E-state index contributed by atoms with van der Waals surface area (Å²) in [6.07, 6.45) is 10.4. The number of likely N-dealkylation sites (N-methyl/N-ethyl adjacent to an activating group) is 1. The molecule has 2 rings (SSSR count). The minimum atomic E-state index is -0.0775. The van der Waals surface area contributed by atoms with Crippen LogP contribution < -0.4 is 10.7 Å². The Morgan fingerprint density at radius 2 is 1.61 bits per heavy atom. The molecule has 1 aromatic carbocycles. The van der Waals surface area contributed by atoms with Crippen molar-refractivity contribution in [3.05, 3.63) is 29.8 Å². The zero-order valence-electron chi connectivity index (χ0n) is 15.4. The largest absolute Gasteiger partial charge is 0.322 e. The second-order valence-electron chi connectivity index (χ2n) is 7.27. The zero-order chi connectivity index (χ0) is 16.7. The van der Waals surface area contributed by atoms with Gasteiger partial charge in [-0.2, -0.15) is 0 Å². The molecule has 0 spiro atoms. The van der Waals surface area contributed by atoms with Gasteiger partial charge in [0.15, 0.2) is 0 Å². The van der Waals surface area contributed by atoms with Gasteiger partial charge in [-0.05, 0) is 37.0 Å². The Balaban J connectivity index is 1.80. The molecule has 3 heteroatoms. The van der Waals surface area contributed by atoms with Crippen molar-refractivity contribution in [3.8, 4) is 0 Å². The van der Waals surface area contributed by atoms with Gasteiger partial charge >= 0.3 is 0 Å². The lowest BCUT2D eigenvalue weighted by Gasteiger charge is -2.26. The molecule has 1 aliphatic rings. The van der Waals surface area contributed by atoms with Crippen LogP contribution in [0.4, 0.5) is 5.69 Å². The number of hydrogen-bond donors (Lipinski definition) is 1. The van der Waals surface area contributed by atoms with Crippen molar-refractivity contribution in [3.63, 3.8) is 0 Å². The van der Waals surface area contributed by atoms with E-state index in [1.165, 1.54) is 56.2 Å². The Kier molecular flexibility index (Phi) is 6.91. The lowest BCUT2D eigenvalue weighted by atomic mass is 9.99. The Hall–Kier alpha value is -1.06. The van der Waals surface area contributed by atoms with Crippen molar-refractivity contribution in [1.29, 1.82) is 0 Å². The van der Waals surface area contributed by atoms with Gasteiger partial charge < -0.3 is 10.7 Å². The van der Waals surface area contributed by atoms with Crippen LogP contribution in [-0.2, 0) is 6.42 Å². The standard InChI is InChI=1S/C20H35N3/c1-4-6-7-8-9-10-11-18-12-14-19(15-13-18)23-17-20(21,5-2)16-22(23)3/h12-15H,4-11,16-17,21H2,1-3H3. The normalized spacial score (nSPS) is 22.0. The first-order valence-corrected chi connectivity index (χ1v) is 9.44. The Morgan fingerprint density at radius 3 is 2.22 bits per heavy atom. The molecule has 130 valence electrons. The van der Waals surface area contributed by atoms with E-state index < -0.39 is 0 Å². The van der Waals surface area contributed by atoms with Gasteiger partial charge in [-0.25, -0.2) is 5.01 Å². The van der Waals surface area contributed by atoms with E-state index in [0.717, 1.165) is 19.5 Å². The van der Waals surface area contributed by atoms with E-state index in [1.807, 2.05) is 0 Å². The van der Waals surface area contributed by atoms with Crippen molar-refractivity contribution in [1.82, 2.24) is 5.01 Å². The molecule has 1 aromatic rings. The van der Waals surface area contributed by atoms with Gasteiger partial charge in [-0.1, -0.05) is 58.1 Å². The number of benzene rings is 1. The van der Waals surface area contributed by atoms with Gasteiger partial charge in [0.1, 0.15) is 0 Å². The van der Waals surface area contributed by atoms with Crippen molar-refractivity contribution < 1.29 is 0 Å². The molecule has 0 saturated carbocycles. The smallest absolute Gasteiger partial charge is 0.0540 e. The van der Waals surface area contributed by atoms with Crippen LogP contribution >= 0.6 is 0 Å². The molecule has 1 aliphatic heterocycles. The van der Waals surface area contributed by atoms with Crippen LogP contribution in [0.5, 0.6) is 0 Å². The first-order valence-electron chi connectivity index (χ1n) is 9.44. The van der Waals surface area contributed by atoms with Gasteiger partial charge in [-0.15, -0.1) is 0 Å². The average molecular weight is 318 g/mol. The number of nitrogens with two attached hydrogens (primary N) is 1. The van der Waals surface area contributed by atoms with Gasteiger partial charge in [0.25, 0.3) is 0 Å². The van der Waals surface area contributed by atoms with E-state index in [9.17, 15) is 0 Å². The van der Waals surface area contributed by atoms with Crippen LogP contribution in [0.15, 0.2) is 24.3 Å². The zero-order valence-corrected chi connectivity index (χ0v) is 15.4. The molecule has 0 aromatic heterocycles. The number of unbranched alkanes of at least 4 members (excludes halogenated alkanes) is 5. The summed E-state index contributed by atoms with van der Waals surface area (Å²) >= 11 is 0. The lowest BCUT2D eigenvalue weighted by molar-refractivity contribution is 0.346. The third kappa shape index (κ3) is 5.22. The summed E-state index contributed by atoms with van der Waals surface area (Å²) in [6.45, 7) is 6.30. The molecule has 1 atom stereocenters. The molecule has 3 nitrogen and oxygen atoms in total. The highest BCUT2D eigenvalue weighted by atomic mass is 15.6. The molecule has 0 aliphatic carbocycles. The molecule has 23 heavy (non-hydrogen) atoms. The fourth-order valence-corrected chi connectivity index (χ4v) is 3.47. The number of hydrogen-bond acceptors (Lipinski definition) is 3. The number of hydrazine groups is 1. The van der Waals surface area contributed by atoms with Gasteiger partial charge in [0, 0.05) is 19.1 Å². The minimum Gasteiger partial charge on any atom is -0.322 e. The van der Waals surface area contributed by atoms with E-state index in [4.69, 9.17) is 5.73 Å². The number of rotatable bonds is 9. The highest BCUT2D eigenvalue weighted by Crippen LogP contribution is 2.27. The first kappa shape index (κ1) is 18.3. The highest BCUT2D eigenvalue weighted by Gasteiger charge is 2.36. The summed E-state index contributed by atoms with van der Waals surface area (Å²) in [4.78, 5) is 0. The number of aryl methyl sites for hydroxylation is 1. The third-order valence-corrected chi connectivity index (χ3v) is 5.18. The predicted octanol–water partition coefficient (Wildman–Crippen LogP) is 4.36. The van der Waals surface area contributed by atoms with Crippen LogP contribution in [0.1, 0.15) is 64.4 Å². The molecule has 1 unspecified atom stereocenters. The third-order valence-electron chi connectivity index (χ3n) is 5.18. The van der Waals surface area contributed by atoms with E-state index in [0.29, 0.717) is 0 Å². The second kappa shape index (κ2) is 8.70. The summed E-state index contributed by atoms with van der Waals surface area (Å²) in [6, 6.07) is 9.09. The van der Waals surface area contributed by atoms with E-state index in [1.54, 1.807) is 0 Å². The summed E-state index contributed by atoms with van der Waals surface area (Å²) < 4.78 is 0. The number of anilines is 1. The van der Waals surface area contributed by atoms with Crippen molar-refractivity contribution in [2.75, 3.05) is 25.1 Å². The maximum Gasteiger partial charge on any atom is 0.0540 e. The second-order valence-corrected chi connectivity index (χ2v) is 7.27. The quantitative estimate of drug-likeness (QED) is 0.687. The SMILES string of the molecule is CCCCCCCCc1ccc(N2CC(N)(CC)CN2C)cc1. The monoisotopic (exact) mass is 317 g/mol. The molecule has 2 N–H and O–H groups in total. The Bertz CT molecular complexity index is 456. The Morgan fingerprint density at radius 1 is 0.957 bits per heavy atom. The molecule has 0 bridgehead atoms. The lowest BCUT2D eigenvalue weighted by Crippen LogP contribution is -2.44. The maximum absolute atomic E-state index is 6.44. The predicted molar refractivity (Wildman–Crippen MR) is 101 cm³/mol. The van der Waals surface area contributed by atoms with Gasteiger partial charge in [-0.3, -0.25) is 0 Å². The van der Waals surface area contributed by atoms with Gasteiger partial charge in [0.2, 0.25) is 0 Å². The van der Waals surface area contributed by atoms with Crippen molar-refractivity contribution in [2.24, 2.45) is 5.73 Å². The highest BCUT2D eigenvalue weighted by molar-refractivity contribution is 5.48. The first-order chi connectivity index (χ1) is 11.1. The molecular weight excluding hydrogens is 282 g/mol.